The van der Waals surface area contributed by atoms with Gasteiger partial charge in [-0.25, -0.2) is 9.59 Å². The molecule has 2 rings (SSSR count). The molecule has 2 aliphatic rings. The second-order valence-electron chi connectivity index (χ2n) is 7.99. The zero-order valence-corrected chi connectivity index (χ0v) is 16.8. The Kier molecular flexibility index (Phi) is 7.74. The first-order chi connectivity index (χ1) is 12.8. The number of ether oxygens (including phenoxy) is 4. The van der Waals surface area contributed by atoms with E-state index in [0.717, 1.165) is 44.4 Å². The number of nitrogens with zero attached hydrogens (tertiary/aromatic N) is 1. The lowest BCUT2D eigenvalue weighted by Gasteiger charge is -2.27. The van der Waals surface area contributed by atoms with Gasteiger partial charge >= 0.3 is 12.2 Å². The van der Waals surface area contributed by atoms with Gasteiger partial charge in [0.05, 0.1) is 13.2 Å². The Morgan fingerprint density at radius 3 is 2.78 bits per heavy atom. The minimum absolute atomic E-state index is 0.0171. The fourth-order valence-electron chi connectivity index (χ4n) is 3.43. The molecule has 0 aromatic carbocycles. The van der Waals surface area contributed by atoms with Gasteiger partial charge in [-0.05, 0) is 46.5 Å². The van der Waals surface area contributed by atoms with E-state index in [9.17, 15) is 9.59 Å². The van der Waals surface area contributed by atoms with Gasteiger partial charge in [0.25, 0.3) is 0 Å². The Labute approximate surface area is 161 Å². The molecule has 27 heavy (non-hydrogen) atoms. The topological polar surface area (TPSA) is 95.5 Å². The zero-order valence-electron chi connectivity index (χ0n) is 16.8. The van der Waals surface area contributed by atoms with Gasteiger partial charge in [-0.1, -0.05) is 6.42 Å². The standard InChI is InChI=1S/C19H32N2O6/c1-19(2,3)27-17(22)20-11-7-8-13(15-12-25-18(23)26-15)14-9-5-6-10-16(21-14)24-4/h13-15H,5-12H2,1-4H3,(H,20,22). The summed E-state index contributed by atoms with van der Waals surface area (Å²) < 4.78 is 21.0. The van der Waals surface area contributed by atoms with Gasteiger partial charge in [0.15, 0.2) is 5.90 Å². The van der Waals surface area contributed by atoms with Crippen molar-refractivity contribution in [1.29, 1.82) is 0 Å². The summed E-state index contributed by atoms with van der Waals surface area (Å²) >= 11 is 0. The Bertz CT molecular complexity index is 543. The van der Waals surface area contributed by atoms with E-state index in [1.165, 1.54) is 0 Å². The number of aliphatic imine (C=N–C) groups is 1. The number of carbonyl (C=O) groups excluding carboxylic acids is 2. The van der Waals surface area contributed by atoms with Gasteiger partial charge in [0.2, 0.25) is 0 Å². The summed E-state index contributed by atoms with van der Waals surface area (Å²) in [6, 6.07) is 0.0171. The highest BCUT2D eigenvalue weighted by molar-refractivity contribution is 5.76. The van der Waals surface area contributed by atoms with E-state index >= 15 is 0 Å². The molecule has 3 unspecified atom stereocenters. The molecular weight excluding hydrogens is 352 g/mol. The van der Waals surface area contributed by atoms with Gasteiger partial charge in [-0.2, -0.15) is 0 Å². The molecule has 0 aromatic heterocycles. The lowest BCUT2D eigenvalue weighted by molar-refractivity contribution is 0.0523. The fraction of sp³-hybridized carbons (Fsp3) is 0.842. The summed E-state index contributed by atoms with van der Waals surface area (Å²) in [4.78, 5) is 27.9. The molecule has 0 saturated carbocycles. The van der Waals surface area contributed by atoms with Crippen LogP contribution in [0.3, 0.4) is 0 Å². The van der Waals surface area contributed by atoms with Gasteiger partial charge in [0.1, 0.15) is 18.3 Å². The Morgan fingerprint density at radius 1 is 1.37 bits per heavy atom. The maximum Gasteiger partial charge on any atom is 0.508 e. The van der Waals surface area contributed by atoms with Crippen LogP contribution in [-0.4, -0.2) is 56.2 Å². The summed E-state index contributed by atoms with van der Waals surface area (Å²) in [6.07, 6.45) is 3.96. The van der Waals surface area contributed by atoms with Gasteiger partial charge in [0, 0.05) is 18.9 Å². The smallest absolute Gasteiger partial charge is 0.484 e. The monoisotopic (exact) mass is 384 g/mol. The summed E-state index contributed by atoms with van der Waals surface area (Å²) in [5.41, 5.74) is -0.520. The lowest BCUT2D eigenvalue weighted by atomic mass is 9.87. The molecule has 1 saturated heterocycles. The average molecular weight is 384 g/mol. The van der Waals surface area contributed by atoms with Crippen LogP contribution >= 0.6 is 0 Å². The number of hydrogen-bond donors (Lipinski definition) is 1. The predicted octanol–water partition coefficient (Wildman–Crippen LogP) is 3.43. The quantitative estimate of drug-likeness (QED) is 0.557. The molecular formula is C19H32N2O6. The van der Waals surface area contributed by atoms with Crippen LogP contribution in [0.4, 0.5) is 9.59 Å². The second kappa shape index (κ2) is 9.80. The van der Waals surface area contributed by atoms with Crippen LogP contribution in [0, 0.1) is 5.92 Å². The Balaban J connectivity index is 1.93. The Morgan fingerprint density at radius 2 is 2.15 bits per heavy atom. The Hall–Kier alpha value is -1.99. The molecule has 0 spiro atoms. The van der Waals surface area contributed by atoms with Crippen molar-refractivity contribution < 1.29 is 28.5 Å². The third-order valence-corrected chi connectivity index (χ3v) is 4.65. The van der Waals surface area contributed by atoms with Crippen LogP contribution in [-0.2, 0) is 18.9 Å². The summed E-state index contributed by atoms with van der Waals surface area (Å²) in [6.45, 7) is 6.22. The molecule has 0 bridgehead atoms. The number of carbonyl (C=O) groups is 2. The van der Waals surface area contributed by atoms with Gasteiger partial charge in [-0.15, -0.1) is 0 Å². The summed E-state index contributed by atoms with van der Waals surface area (Å²) in [5.74, 6) is 0.778. The zero-order chi connectivity index (χ0) is 19.9. The van der Waals surface area contributed by atoms with Gasteiger partial charge < -0.3 is 24.3 Å². The van der Waals surface area contributed by atoms with Crippen molar-refractivity contribution in [2.45, 2.75) is 77.0 Å². The van der Waals surface area contributed by atoms with Crippen LogP contribution < -0.4 is 5.32 Å². The largest absolute Gasteiger partial charge is 0.508 e. The van der Waals surface area contributed by atoms with Crippen LogP contribution in [0.1, 0.15) is 59.3 Å². The molecule has 154 valence electrons. The van der Waals surface area contributed by atoms with E-state index in [1.807, 2.05) is 20.8 Å². The first-order valence-corrected chi connectivity index (χ1v) is 9.69. The van der Waals surface area contributed by atoms with E-state index in [4.69, 9.17) is 23.9 Å². The number of methoxy groups -OCH3 is 1. The molecule has 1 amide bonds. The maximum absolute atomic E-state index is 11.8. The van der Waals surface area contributed by atoms with Gasteiger partial charge in [-0.3, -0.25) is 4.99 Å². The third-order valence-electron chi connectivity index (χ3n) is 4.65. The normalized spacial score (nSPS) is 24.1. The molecule has 8 heteroatoms. The van der Waals surface area contributed by atoms with Crippen molar-refractivity contribution in [2.24, 2.45) is 10.9 Å². The molecule has 0 aromatic rings. The van der Waals surface area contributed by atoms with E-state index in [-0.39, 0.29) is 24.7 Å². The van der Waals surface area contributed by atoms with Crippen molar-refractivity contribution >= 4 is 18.1 Å². The number of cyclic esters (lactones) is 2. The number of hydrogen-bond acceptors (Lipinski definition) is 7. The van der Waals surface area contributed by atoms with Crippen LogP contribution in [0.15, 0.2) is 4.99 Å². The average Bonchev–Trinajstić information content (AvgIpc) is 2.87. The highest BCUT2D eigenvalue weighted by Gasteiger charge is 2.37. The van der Waals surface area contributed by atoms with Crippen molar-refractivity contribution in [3.05, 3.63) is 0 Å². The van der Waals surface area contributed by atoms with Crippen molar-refractivity contribution in [2.75, 3.05) is 20.3 Å². The number of amides is 1. The third kappa shape index (κ3) is 7.27. The number of rotatable bonds is 6. The van der Waals surface area contributed by atoms with E-state index < -0.39 is 17.8 Å². The van der Waals surface area contributed by atoms with Crippen LogP contribution in [0.25, 0.3) is 0 Å². The molecule has 3 atom stereocenters. The SMILES string of the molecule is COC1=NC(C(CCCNC(=O)OC(C)(C)C)C2COC(=O)O2)CCCC1. The molecule has 8 nitrogen and oxygen atoms in total. The molecule has 2 aliphatic heterocycles. The second-order valence-corrected chi connectivity index (χ2v) is 7.99. The molecule has 1 N–H and O–H groups in total. The highest BCUT2D eigenvalue weighted by atomic mass is 16.8. The number of alkyl carbamates (subject to hydrolysis) is 1. The first-order valence-electron chi connectivity index (χ1n) is 9.69. The van der Waals surface area contributed by atoms with E-state index in [0.29, 0.717) is 6.54 Å². The highest BCUT2D eigenvalue weighted by Crippen LogP contribution is 2.30. The fourth-order valence-corrected chi connectivity index (χ4v) is 3.43. The predicted molar refractivity (Wildman–Crippen MR) is 99.9 cm³/mol. The molecule has 0 aliphatic carbocycles. The van der Waals surface area contributed by atoms with Crippen molar-refractivity contribution in [3.8, 4) is 0 Å². The first kappa shape index (κ1) is 21.3. The molecule has 0 radical (unpaired) electrons. The van der Waals surface area contributed by atoms with E-state index in [2.05, 4.69) is 5.32 Å². The summed E-state index contributed by atoms with van der Waals surface area (Å²) in [5, 5.41) is 2.77. The van der Waals surface area contributed by atoms with Crippen LogP contribution in [0.2, 0.25) is 0 Å². The van der Waals surface area contributed by atoms with Crippen molar-refractivity contribution in [3.63, 3.8) is 0 Å². The molecule has 2 heterocycles. The van der Waals surface area contributed by atoms with Crippen molar-refractivity contribution in [1.82, 2.24) is 5.32 Å². The summed E-state index contributed by atoms with van der Waals surface area (Å²) in [7, 11) is 1.64. The minimum atomic E-state index is -0.624. The molecule has 1 fully saturated rings. The number of nitrogens with one attached hydrogen (secondary N) is 1. The lowest BCUT2D eigenvalue weighted by Crippen LogP contribution is -2.35. The van der Waals surface area contributed by atoms with E-state index in [1.54, 1.807) is 7.11 Å². The minimum Gasteiger partial charge on any atom is -0.484 e. The maximum atomic E-state index is 11.8. The van der Waals surface area contributed by atoms with Crippen LogP contribution in [0.5, 0.6) is 0 Å².